The number of halogens is 1. The van der Waals surface area contributed by atoms with Crippen molar-refractivity contribution in [3.63, 3.8) is 0 Å². The van der Waals surface area contributed by atoms with Crippen molar-refractivity contribution in [3.8, 4) is 23.0 Å². The lowest BCUT2D eigenvalue weighted by molar-refractivity contribution is -0.219. The second kappa shape index (κ2) is 10.1. The van der Waals surface area contributed by atoms with E-state index < -0.39 is 31.9 Å². The van der Waals surface area contributed by atoms with Crippen molar-refractivity contribution in [1.82, 2.24) is 15.0 Å². The summed E-state index contributed by atoms with van der Waals surface area (Å²) in [5, 5.41) is 20.0. The number of phenolic OH excluding ortho intramolecular Hbond substituents is 2. The van der Waals surface area contributed by atoms with Crippen LogP contribution in [0.4, 0.5) is 10.2 Å². The van der Waals surface area contributed by atoms with Crippen LogP contribution in [0.15, 0.2) is 30.5 Å². The van der Waals surface area contributed by atoms with Gasteiger partial charge in [0.25, 0.3) is 13.7 Å². The molecule has 1 atom stereocenters. The van der Waals surface area contributed by atoms with E-state index in [1.165, 1.54) is 45.2 Å². The first-order valence-corrected chi connectivity index (χ1v) is 12.6. The second-order valence-electron chi connectivity index (χ2n) is 8.80. The minimum atomic E-state index is -5.15. The molecule has 0 saturated heterocycles. The molecular formula is C23H23FN4O9P-. The Morgan fingerprint density at radius 1 is 1.18 bits per heavy atom. The number of methoxy groups -OCH3 is 1. The number of benzene rings is 1. The monoisotopic (exact) mass is 549 g/mol. The number of nitrogens with zero attached hydrogens (tertiary/aromatic N) is 4. The minimum absolute atomic E-state index is 0.0324. The molecule has 38 heavy (non-hydrogen) atoms. The van der Waals surface area contributed by atoms with E-state index in [1.54, 1.807) is 0 Å². The Balaban J connectivity index is 1.61. The average molecular weight is 549 g/mol. The van der Waals surface area contributed by atoms with Crippen LogP contribution in [0.25, 0.3) is 0 Å². The zero-order chi connectivity index (χ0) is 27.8. The van der Waals surface area contributed by atoms with Crippen molar-refractivity contribution >= 4 is 19.5 Å². The average Bonchev–Trinajstić information content (AvgIpc) is 2.81. The topological polar surface area (TPSA) is 187 Å². The zero-order valence-electron chi connectivity index (χ0n) is 20.4. The highest BCUT2D eigenvalue weighted by atomic mass is 31.2. The lowest BCUT2D eigenvalue weighted by Gasteiger charge is -2.38. The van der Waals surface area contributed by atoms with E-state index in [2.05, 4.69) is 19.5 Å². The molecule has 1 aliphatic heterocycles. The largest absolute Gasteiger partial charge is 0.756 e. The highest BCUT2D eigenvalue weighted by Crippen LogP contribution is 2.39. The van der Waals surface area contributed by atoms with Crippen molar-refractivity contribution in [1.29, 1.82) is 0 Å². The van der Waals surface area contributed by atoms with Gasteiger partial charge in [-0.25, -0.2) is 19.3 Å². The number of rotatable bonds is 8. The molecule has 13 nitrogen and oxygen atoms in total. The number of carbonyl (C=O) groups is 1. The number of phosphoric acid groups is 1. The molecule has 0 bridgehead atoms. The summed E-state index contributed by atoms with van der Waals surface area (Å²) < 4.78 is 40.7. The van der Waals surface area contributed by atoms with Crippen LogP contribution in [0.2, 0.25) is 0 Å². The normalized spacial score (nSPS) is 15.9. The molecule has 1 aliphatic rings. The number of anilines is 1. The minimum Gasteiger partial charge on any atom is -0.756 e. The van der Waals surface area contributed by atoms with Gasteiger partial charge in [0.15, 0.2) is 34.5 Å². The van der Waals surface area contributed by atoms with Crippen LogP contribution in [-0.2, 0) is 26.7 Å². The summed E-state index contributed by atoms with van der Waals surface area (Å²) in [7, 11) is -3.85. The summed E-state index contributed by atoms with van der Waals surface area (Å²) in [5.74, 6) is -1.82. The summed E-state index contributed by atoms with van der Waals surface area (Å²) in [5.41, 5.74) is -0.712. The smallest absolute Gasteiger partial charge is 0.273 e. The number of pyridine rings is 1. The second-order valence-corrected chi connectivity index (χ2v) is 9.99. The van der Waals surface area contributed by atoms with Crippen LogP contribution in [0.1, 0.15) is 36.6 Å². The first-order valence-electron chi connectivity index (χ1n) is 11.1. The van der Waals surface area contributed by atoms with Crippen LogP contribution >= 0.6 is 7.82 Å². The Morgan fingerprint density at radius 2 is 1.87 bits per heavy atom. The van der Waals surface area contributed by atoms with Crippen molar-refractivity contribution < 1.29 is 47.7 Å². The van der Waals surface area contributed by atoms with Gasteiger partial charge >= 0.3 is 0 Å². The molecule has 0 spiro atoms. The van der Waals surface area contributed by atoms with Crippen molar-refractivity contribution in [2.75, 3.05) is 18.7 Å². The summed E-state index contributed by atoms with van der Waals surface area (Å²) in [6, 6.07) is 5.73. The van der Waals surface area contributed by atoms with Crippen LogP contribution in [0.5, 0.6) is 23.0 Å². The fourth-order valence-electron chi connectivity index (χ4n) is 3.81. The molecule has 0 fully saturated rings. The van der Waals surface area contributed by atoms with Crippen LogP contribution < -0.4 is 19.3 Å². The van der Waals surface area contributed by atoms with Gasteiger partial charge in [-0.05, 0) is 43.7 Å². The van der Waals surface area contributed by atoms with E-state index >= 15 is 0 Å². The molecule has 0 saturated carbocycles. The van der Waals surface area contributed by atoms with E-state index in [-0.39, 0.29) is 58.9 Å². The molecule has 3 heterocycles. The van der Waals surface area contributed by atoms with Crippen molar-refractivity contribution in [3.05, 3.63) is 59.1 Å². The summed E-state index contributed by atoms with van der Waals surface area (Å²) in [4.78, 5) is 46.3. The van der Waals surface area contributed by atoms with Gasteiger partial charge in [0.1, 0.15) is 12.6 Å². The first-order chi connectivity index (χ1) is 17.8. The van der Waals surface area contributed by atoms with Crippen LogP contribution in [0.3, 0.4) is 0 Å². The number of ether oxygens (including phenoxy) is 2. The molecule has 1 unspecified atom stereocenters. The fraction of sp³-hybridized carbons (Fsp3) is 0.304. The summed E-state index contributed by atoms with van der Waals surface area (Å²) in [6.07, 6.45) is 0.886. The van der Waals surface area contributed by atoms with Crippen molar-refractivity contribution in [2.24, 2.45) is 0 Å². The Hall–Kier alpha value is -3.84. The highest BCUT2D eigenvalue weighted by molar-refractivity contribution is 7.44. The van der Waals surface area contributed by atoms with Crippen LogP contribution in [0, 0.1) is 5.82 Å². The molecule has 0 aliphatic carbocycles. The third kappa shape index (κ3) is 5.83. The Labute approximate surface area is 215 Å². The highest BCUT2D eigenvalue weighted by Gasteiger charge is 2.42. The number of fused-ring (bicyclic) bond motifs is 1. The number of hydrogen-bond acceptors (Lipinski definition) is 11. The Morgan fingerprint density at radius 3 is 2.50 bits per heavy atom. The van der Waals surface area contributed by atoms with Gasteiger partial charge in [-0.3, -0.25) is 18.8 Å². The molecule has 3 N–H and O–H groups in total. The SMILES string of the molecule is COc1c(O)cc(Cc2ncc(F)c(Cc3ccc4c(n3)N(COP(=O)([O-])O)C(=O)C(C)(C)O4)n2)cc1O. The van der Waals surface area contributed by atoms with E-state index in [4.69, 9.17) is 14.4 Å². The predicted molar refractivity (Wildman–Crippen MR) is 126 cm³/mol. The molecule has 2 aromatic heterocycles. The first kappa shape index (κ1) is 27.2. The predicted octanol–water partition coefficient (Wildman–Crippen LogP) is 1.55. The Bertz CT molecular complexity index is 1420. The lowest BCUT2D eigenvalue weighted by atomic mass is 10.1. The van der Waals surface area contributed by atoms with Gasteiger partial charge in [0.2, 0.25) is 5.75 Å². The van der Waals surface area contributed by atoms with Gasteiger partial charge in [-0.1, -0.05) is 0 Å². The number of phosphoric ester groups is 1. The zero-order valence-corrected chi connectivity index (χ0v) is 21.3. The third-order valence-electron chi connectivity index (χ3n) is 5.52. The molecule has 4 rings (SSSR count). The maximum absolute atomic E-state index is 14.6. The number of aromatic hydroxyl groups is 2. The maximum atomic E-state index is 14.6. The van der Waals surface area contributed by atoms with Gasteiger partial charge in [0, 0.05) is 18.5 Å². The van der Waals surface area contributed by atoms with Gasteiger partial charge in [-0.2, -0.15) is 0 Å². The van der Waals surface area contributed by atoms with Gasteiger partial charge in [0.05, 0.1) is 19.0 Å². The van der Waals surface area contributed by atoms with Gasteiger partial charge in [-0.15, -0.1) is 0 Å². The fourth-order valence-corrected chi connectivity index (χ4v) is 4.07. The molecule has 1 aromatic carbocycles. The van der Waals surface area contributed by atoms with E-state index in [1.807, 2.05) is 0 Å². The lowest BCUT2D eigenvalue weighted by Crippen LogP contribution is -2.53. The molecule has 202 valence electrons. The quantitative estimate of drug-likeness (QED) is 0.345. The van der Waals surface area contributed by atoms with Crippen LogP contribution in [-0.4, -0.2) is 55.4 Å². The molecule has 15 heteroatoms. The van der Waals surface area contributed by atoms with E-state index in [9.17, 15) is 28.9 Å². The number of aromatic nitrogens is 3. The Kier molecular flexibility index (Phi) is 7.26. The number of phenols is 2. The van der Waals surface area contributed by atoms with Gasteiger partial charge < -0.3 is 29.5 Å². The molecule has 1 amide bonds. The number of amides is 1. The maximum Gasteiger partial charge on any atom is 0.273 e. The third-order valence-corrected chi connectivity index (χ3v) is 5.96. The summed E-state index contributed by atoms with van der Waals surface area (Å²) in [6.45, 7) is 2.09. The van der Waals surface area contributed by atoms with E-state index in [0.717, 1.165) is 11.1 Å². The van der Waals surface area contributed by atoms with E-state index in [0.29, 0.717) is 5.56 Å². The molecular weight excluding hydrogens is 526 g/mol. The molecule has 0 radical (unpaired) electrons. The number of carbonyl (C=O) groups excluding carboxylic acids is 1. The molecule has 3 aromatic rings. The van der Waals surface area contributed by atoms with Crippen molar-refractivity contribution in [2.45, 2.75) is 32.3 Å². The standard InChI is InChI=1S/C23H24FN4O9P/c1-23(2)22(31)28(11-36-38(32,33)34)21-18(37-23)5-4-13(26-21)9-15-14(24)10-25-19(27-15)8-12-6-16(29)20(35-3)17(30)7-12/h4-7,10,29-30H,8-9,11H2,1-3H3,(H2,32,33,34)/p-1. The summed E-state index contributed by atoms with van der Waals surface area (Å²) >= 11 is 0. The number of hydrogen-bond donors (Lipinski definition) is 3.